The summed E-state index contributed by atoms with van der Waals surface area (Å²) in [6.07, 6.45) is 6.12. The molecule has 0 aliphatic carbocycles. The fraction of sp³-hybridized carbons (Fsp3) is 1.00. The standard InChI is InChI=1S/C8H18O3/c1-3-4-5-6-7-8-10-11-9-2/h3-8H2,1-2H3. The van der Waals surface area contributed by atoms with E-state index in [2.05, 4.69) is 21.7 Å². The summed E-state index contributed by atoms with van der Waals surface area (Å²) in [6.45, 7) is 2.82. The van der Waals surface area contributed by atoms with Gasteiger partial charge in [0.2, 0.25) is 0 Å². The summed E-state index contributed by atoms with van der Waals surface area (Å²) in [5.41, 5.74) is 0. The quantitative estimate of drug-likeness (QED) is 0.312. The monoisotopic (exact) mass is 162 g/mol. The molecule has 0 amide bonds. The Balaban J connectivity index is 2.69. The molecule has 0 rings (SSSR count). The van der Waals surface area contributed by atoms with Crippen LogP contribution in [0.2, 0.25) is 0 Å². The van der Waals surface area contributed by atoms with Crippen LogP contribution >= 0.6 is 0 Å². The van der Waals surface area contributed by atoms with Crippen molar-refractivity contribution in [3.8, 4) is 0 Å². The molecule has 0 aromatic rings. The zero-order chi connectivity index (χ0) is 8.36. The summed E-state index contributed by atoms with van der Waals surface area (Å²) < 4.78 is 0. The van der Waals surface area contributed by atoms with Crippen molar-refractivity contribution < 1.29 is 14.8 Å². The van der Waals surface area contributed by atoms with Gasteiger partial charge in [-0.25, -0.2) is 9.78 Å². The van der Waals surface area contributed by atoms with E-state index in [1.807, 2.05) is 0 Å². The van der Waals surface area contributed by atoms with Crippen molar-refractivity contribution in [1.29, 1.82) is 0 Å². The van der Waals surface area contributed by atoms with E-state index in [1.54, 1.807) is 0 Å². The van der Waals surface area contributed by atoms with E-state index in [0.717, 1.165) is 6.42 Å². The third kappa shape index (κ3) is 9.88. The van der Waals surface area contributed by atoms with Crippen LogP contribution in [0.5, 0.6) is 0 Å². The molecule has 0 aromatic carbocycles. The van der Waals surface area contributed by atoms with Crippen LogP contribution in [-0.4, -0.2) is 13.7 Å². The Morgan fingerprint density at radius 2 is 1.73 bits per heavy atom. The minimum Gasteiger partial charge on any atom is -0.210 e. The molecule has 0 saturated heterocycles. The maximum absolute atomic E-state index is 4.64. The fourth-order valence-electron chi connectivity index (χ4n) is 0.847. The van der Waals surface area contributed by atoms with Crippen LogP contribution in [0.4, 0.5) is 0 Å². The minimum atomic E-state index is 0.623. The Labute approximate surface area is 68.5 Å². The summed E-state index contributed by atoms with van der Waals surface area (Å²) in [5.74, 6) is 0. The highest BCUT2D eigenvalue weighted by atomic mass is 17.5. The minimum absolute atomic E-state index is 0.623. The normalized spacial score (nSPS) is 10.4. The molecule has 0 N–H and O–H groups in total. The van der Waals surface area contributed by atoms with Crippen molar-refractivity contribution in [2.45, 2.75) is 39.0 Å². The second kappa shape index (κ2) is 9.88. The topological polar surface area (TPSA) is 27.7 Å². The van der Waals surface area contributed by atoms with Crippen molar-refractivity contribution >= 4 is 0 Å². The van der Waals surface area contributed by atoms with Crippen molar-refractivity contribution in [3.63, 3.8) is 0 Å². The van der Waals surface area contributed by atoms with E-state index >= 15 is 0 Å². The average Bonchev–Trinajstić information content (AvgIpc) is 2.03. The molecule has 0 aliphatic heterocycles. The maximum Gasteiger partial charge on any atom is 0.0853 e. The Morgan fingerprint density at radius 1 is 1.00 bits per heavy atom. The van der Waals surface area contributed by atoms with E-state index in [1.165, 1.54) is 32.8 Å². The molecule has 0 bridgehead atoms. The van der Waals surface area contributed by atoms with Crippen LogP contribution in [0.1, 0.15) is 39.0 Å². The maximum atomic E-state index is 4.64. The van der Waals surface area contributed by atoms with Gasteiger partial charge in [0, 0.05) is 0 Å². The van der Waals surface area contributed by atoms with Gasteiger partial charge < -0.3 is 0 Å². The Bertz CT molecular complexity index is 58.4. The van der Waals surface area contributed by atoms with Crippen molar-refractivity contribution in [2.75, 3.05) is 13.7 Å². The van der Waals surface area contributed by atoms with Gasteiger partial charge in [0.05, 0.1) is 13.7 Å². The lowest BCUT2D eigenvalue weighted by Crippen LogP contribution is -1.95. The molecule has 0 saturated carbocycles. The van der Waals surface area contributed by atoms with Gasteiger partial charge in [-0.05, 0) is 6.42 Å². The summed E-state index contributed by atoms with van der Waals surface area (Å²) in [5, 5.41) is 4.24. The predicted molar refractivity (Wildman–Crippen MR) is 42.8 cm³/mol. The van der Waals surface area contributed by atoms with Gasteiger partial charge in [-0.2, -0.15) is 0 Å². The van der Waals surface area contributed by atoms with Crippen LogP contribution in [0.15, 0.2) is 0 Å². The number of unbranched alkanes of at least 4 members (excludes halogenated alkanes) is 4. The first-order chi connectivity index (χ1) is 5.41. The smallest absolute Gasteiger partial charge is 0.0853 e. The first-order valence-electron chi connectivity index (χ1n) is 4.24. The van der Waals surface area contributed by atoms with Crippen molar-refractivity contribution in [2.24, 2.45) is 0 Å². The molecule has 3 nitrogen and oxygen atoms in total. The van der Waals surface area contributed by atoms with E-state index in [-0.39, 0.29) is 0 Å². The van der Waals surface area contributed by atoms with Gasteiger partial charge in [0.15, 0.2) is 0 Å². The molecule has 0 unspecified atom stereocenters. The lowest BCUT2D eigenvalue weighted by molar-refractivity contribution is -0.502. The van der Waals surface area contributed by atoms with E-state index in [9.17, 15) is 0 Å². The second-order valence-corrected chi connectivity index (χ2v) is 2.47. The van der Waals surface area contributed by atoms with Gasteiger partial charge in [-0.3, -0.25) is 0 Å². The zero-order valence-electron chi connectivity index (χ0n) is 7.47. The molecule has 11 heavy (non-hydrogen) atoms. The first kappa shape index (κ1) is 10.9. The molecule has 0 atom stereocenters. The summed E-state index contributed by atoms with van der Waals surface area (Å²) in [4.78, 5) is 8.89. The van der Waals surface area contributed by atoms with E-state index in [4.69, 9.17) is 0 Å². The molecule has 68 valence electrons. The SMILES string of the molecule is CCCCCCCOOOC. The first-order valence-corrected chi connectivity index (χ1v) is 4.24. The van der Waals surface area contributed by atoms with Crippen LogP contribution in [0.25, 0.3) is 0 Å². The van der Waals surface area contributed by atoms with Gasteiger partial charge in [-0.1, -0.05) is 37.6 Å². The summed E-state index contributed by atoms with van der Waals surface area (Å²) in [6, 6.07) is 0. The van der Waals surface area contributed by atoms with Gasteiger partial charge in [0.1, 0.15) is 0 Å². The molecule has 0 aliphatic rings. The third-order valence-corrected chi connectivity index (χ3v) is 1.45. The van der Waals surface area contributed by atoms with Gasteiger partial charge in [0.25, 0.3) is 0 Å². The van der Waals surface area contributed by atoms with Crippen molar-refractivity contribution in [3.05, 3.63) is 0 Å². The van der Waals surface area contributed by atoms with Gasteiger partial charge >= 0.3 is 0 Å². The Hall–Kier alpha value is -0.120. The zero-order valence-corrected chi connectivity index (χ0v) is 7.47. The van der Waals surface area contributed by atoms with E-state index in [0.29, 0.717) is 6.61 Å². The van der Waals surface area contributed by atoms with E-state index < -0.39 is 0 Å². The second-order valence-electron chi connectivity index (χ2n) is 2.47. The highest BCUT2D eigenvalue weighted by Gasteiger charge is 1.89. The Morgan fingerprint density at radius 3 is 2.36 bits per heavy atom. The molecular formula is C8H18O3. The molecule has 0 aromatic heterocycles. The predicted octanol–water partition coefficient (Wildman–Crippen LogP) is 2.47. The van der Waals surface area contributed by atoms with Crippen LogP contribution in [0.3, 0.4) is 0 Å². The highest BCUT2D eigenvalue weighted by molar-refractivity contribution is 4.39. The van der Waals surface area contributed by atoms with Gasteiger partial charge in [-0.15, -0.1) is 0 Å². The fourth-order valence-corrected chi connectivity index (χ4v) is 0.847. The lowest BCUT2D eigenvalue weighted by Gasteiger charge is -1.99. The number of rotatable bonds is 8. The average molecular weight is 162 g/mol. The molecule has 3 heteroatoms. The number of hydrogen-bond donors (Lipinski definition) is 0. The van der Waals surface area contributed by atoms with Crippen LogP contribution in [0, 0.1) is 0 Å². The van der Waals surface area contributed by atoms with Crippen LogP contribution < -0.4 is 0 Å². The molecule has 0 radical (unpaired) electrons. The third-order valence-electron chi connectivity index (χ3n) is 1.45. The summed E-state index contributed by atoms with van der Waals surface area (Å²) in [7, 11) is 1.43. The highest BCUT2D eigenvalue weighted by Crippen LogP contribution is 2.02. The Kier molecular flexibility index (Phi) is 9.77. The molecular weight excluding hydrogens is 144 g/mol. The molecule has 0 spiro atoms. The van der Waals surface area contributed by atoms with Crippen LogP contribution in [-0.2, 0) is 14.8 Å². The summed E-state index contributed by atoms with van der Waals surface area (Å²) >= 11 is 0. The lowest BCUT2D eigenvalue weighted by atomic mass is 10.2. The molecule has 0 heterocycles. The number of hydrogen-bond acceptors (Lipinski definition) is 3. The van der Waals surface area contributed by atoms with Crippen molar-refractivity contribution in [1.82, 2.24) is 0 Å². The largest absolute Gasteiger partial charge is 0.210 e. The molecule has 0 fully saturated rings.